The minimum atomic E-state index is -1.45. The van der Waals surface area contributed by atoms with Crippen LogP contribution in [0.25, 0.3) is 0 Å². The molecule has 0 radical (unpaired) electrons. The van der Waals surface area contributed by atoms with Crippen molar-refractivity contribution in [2.45, 2.75) is 25.4 Å². The summed E-state index contributed by atoms with van der Waals surface area (Å²) in [6, 6.07) is 1.23. The predicted molar refractivity (Wildman–Crippen MR) is 68.1 cm³/mol. The van der Waals surface area contributed by atoms with E-state index in [9.17, 15) is 14.4 Å². The third-order valence-electron chi connectivity index (χ3n) is 2.30. The third kappa shape index (κ3) is 4.96. The molecule has 1 unspecified atom stereocenters. The topological polar surface area (TPSA) is 116 Å². The molecular weight excluding hydrogens is 272 g/mol. The fraction of sp³-hybridized carbons (Fsp3) is 0.364. The van der Waals surface area contributed by atoms with Crippen molar-refractivity contribution < 1.29 is 24.6 Å². The van der Waals surface area contributed by atoms with Gasteiger partial charge in [0.05, 0.1) is 12.5 Å². The number of amides is 2. The molecule has 0 saturated carbocycles. The summed E-state index contributed by atoms with van der Waals surface area (Å²) in [6.45, 7) is 1.75. The molecule has 1 rings (SSSR count). The van der Waals surface area contributed by atoms with Gasteiger partial charge in [-0.2, -0.15) is 0 Å². The van der Waals surface area contributed by atoms with Crippen molar-refractivity contribution in [3.05, 3.63) is 22.4 Å². The molecule has 0 aromatic carbocycles. The highest BCUT2D eigenvalue weighted by Gasteiger charge is 2.23. The van der Waals surface area contributed by atoms with Crippen LogP contribution in [0.2, 0.25) is 0 Å². The van der Waals surface area contributed by atoms with E-state index in [1.54, 1.807) is 6.92 Å². The quantitative estimate of drug-likeness (QED) is 0.623. The van der Waals surface area contributed by atoms with Crippen LogP contribution < -0.4 is 10.6 Å². The van der Waals surface area contributed by atoms with Gasteiger partial charge in [-0.25, -0.2) is 9.59 Å². The molecule has 0 bridgehead atoms. The zero-order valence-electron chi connectivity index (χ0n) is 10.1. The Labute approximate surface area is 113 Å². The standard InChI is InChI=1S/C11H14N2O5S/c1-6(8-3-2-4-19-8)12-11(18)13-7(10(16)17)5-9(14)15/h2-4,6-7H,5H2,1H3,(H,14,15)(H,16,17)(H2,12,13,18)/t6?,7-/m0/s1. The van der Waals surface area contributed by atoms with Gasteiger partial charge in [-0.3, -0.25) is 4.79 Å². The van der Waals surface area contributed by atoms with Gasteiger partial charge >= 0.3 is 18.0 Å². The van der Waals surface area contributed by atoms with E-state index in [2.05, 4.69) is 10.6 Å². The average molecular weight is 286 g/mol. The molecule has 8 heteroatoms. The molecule has 0 fully saturated rings. The van der Waals surface area contributed by atoms with Crippen molar-refractivity contribution in [3.8, 4) is 0 Å². The number of urea groups is 1. The zero-order valence-corrected chi connectivity index (χ0v) is 10.9. The maximum atomic E-state index is 11.6. The second-order valence-corrected chi connectivity index (χ2v) is 4.82. The number of carbonyl (C=O) groups excluding carboxylic acids is 1. The van der Waals surface area contributed by atoms with Gasteiger partial charge < -0.3 is 20.8 Å². The van der Waals surface area contributed by atoms with Crippen LogP contribution >= 0.6 is 11.3 Å². The lowest BCUT2D eigenvalue weighted by Crippen LogP contribution is -2.47. The Hall–Kier alpha value is -2.09. The normalized spacial score (nSPS) is 13.3. The van der Waals surface area contributed by atoms with Gasteiger partial charge in [0.1, 0.15) is 6.04 Å². The maximum Gasteiger partial charge on any atom is 0.326 e. The van der Waals surface area contributed by atoms with E-state index in [0.29, 0.717) is 0 Å². The molecule has 1 heterocycles. The molecule has 1 aromatic rings. The van der Waals surface area contributed by atoms with E-state index in [1.807, 2.05) is 17.5 Å². The van der Waals surface area contributed by atoms with Gasteiger partial charge in [-0.1, -0.05) is 6.07 Å². The van der Waals surface area contributed by atoms with E-state index in [4.69, 9.17) is 10.2 Å². The number of carbonyl (C=O) groups is 3. The summed E-state index contributed by atoms with van der Waals surface area (Å²) in [5.74, 6) is -2.68. The molecule has 4 N–H and O–H groups in total. The molecule has 0 spiro atoms. The first-order chi connectivity index (χ1) is 8.90. The Kier molecular flexibility index (Phi) is 5.31. The Bertz CT molecular complexity index is 460. The van der Waals surface area contributed by atoms with Crippen LogP contribution in [0.3, 0.4) is 0 Å². The van der Waals surface area contributed by atoms with Crippen LogP contribution in [0, 0.1) is 0 Å². The van der Waals surface area contributed by atoms with E-state index < -0.39 is 30.4 Å². The zero-order chi connectivity index (χ0) is 14.4. The maximum absolute atomic E-state index is 11.6. The van der Waals surface area contributed by atoms with Gasteiger partial charge in [0.25, 0.3) is 0 Å². The summed E-state index contributed by atoms with van der Waals surface area (Å²) < 4.78 is 0. The second kappa shape index (κ2) is 6.74. The summed E-state index contributed by atoms with van der Waals surface area (Å²) in [5.41, 5.74) is 0. The SMILES string of the molecule is CC(NC(=O)N[C@@H](CC(=O)O)C(=O)O)c1cccs1. The predicted octanol–water partition coefficient (Wildman–Crippen LogP) is 1.04. The second-order valence-electron chi connectivity index (χ2n) is 3.84. The van der Waals surface area contributed by atoms with Crippen LogP contribution in [0.15, 0.2) is 17.5 Å². The van der Waals surface area contributed by atoms with Gasteiger partial charge in [-0.05, 0) is 18.4 Å². The lowest BCUT2D eigenvalue weighted by Gasteiger charge is -2.16. The number of aliphatic carboxylic acids is 2. The number of hydrogen-bond donors (Lipinski definition) is 4. The molecule has 2 amide bonds. The molecule has 0 saturated heterocycles. The molecule has 0 aliphatic carbocycles. The van der Waals surface area contributed by atoms with Gasteiger partial charge in [0.2, 0.25) is 0 Å². The van der Waals surface area contributed by atoms with Gasteiger partial charge in [-0.15, -0.1) is 11.3 Å². The first-order valence-corrected chi connectivity index (χ1v) is 6.33. The smallest absolute Gasteiger partial charge is 0.326 e. The van der Waals surface area contributed by atoms with E-state index >= 15 is 0 Å². The fourth-order valence-corrected chi connectivity index (χ4v) is 2.11. The van der Waals surface area contributed by atoms with Crippen molar-refractivity contribution in [3.63, 3.8) is 0 Å². The number of thiophene rings is 1. The van der Waals surface area contributed by atoms with E-state index in [1.165, 1.54) is 11.3 Å². The van der Waals surface area contributed by atoms with Crippen LogP contribution in [0.1, 0.15) is 24.3 Å². The number of carboxylic acids is 2. The molecule has 0 aliphatic heterocycles. The van der Waals surface area contributed by atoms with Crippen molar-refractivity contribution in [1.29, 1.82) is 0 Å². The minimum Gasteiger partial charge on any atom is -0.481 e. The Morgan fingerprint density at radius 1 is 1.32 bits per heavy atom. The van der Waals surface area contributed by atoms with Gasteiger partial charge in [0, 0.05) is 4.88 Å². The van der Waals surface area contributed by atoms with Gasteiger partial charge in [0.15, 0.2) is 0 Å². The van der Waals surface area contributed by atoms with Crippen molar-refractivity contribution >= 4 is 29.3 Å². The van der Waals surface area contributed by atoms with Crippen LogP contribution in [0.4, 0.5) is 4.79 Å². The number of nitrogens with one attached hydrogen (secondary N) is 2. The third-order valence-corrected chi connectivity index (χ3v) is 3.35. The number of hydrogen-bond acceptors (Lipinski definition) is 4. The fourth-order valence-electron chi connectivity index (χ4n) is 1.38. The number of rotatable bonds is 6. The number of carboxylic acid groups (broad SMARTS) is 2. The van der Waals surface area contributed by atoms with Crippen molar-refractivity contribution in [1.82, 2.24) is 10.6 Å². The van der Waals surface area contributed by atoms with E-state index in [-0.39, 0.29) is 6.04 Å². The van der Waals surface area contributed by atoms with Crippen LogP contribution in [-0.4, -0.2) is 34.2 Å². The molecule has 1 aromatic heterocycles. The minimum absolute atomic E-state index is 0.278. The monoisotopic (exact) mass is 286 g/mol. The van der Waals surface area contributed by atoms with Crippen molar-refractivity contribution in [2.75, 3.05) is 0 Å². The lowest BCUT2D eigenvalue weighted by molar-refractivity contribution is -0.145. The Balaban J connectivity index is 2.53. The molecule has 19 heavy (non-hydrogen) atoms. The van der Waals surface area contributed by atoms with Crippen LogP contribution in [0.5, 0.6) is 0 Å². The highest BCUT2D eigenvalue weighted by atomic mass is 32.1. The molecular formula is C11H14N2O5S. The summed E-state index contributed by atoms with van der Waals surface area (Å²) in [7, 11) is 0. The molecule has 2 atom stereocenters. The summed E-state index contributed by atoms with van der Waals surface area (Å²) in [5, 5.41) is 23.8. The summed E-state index contributed by atoms with van der Waals surface area (Å²) >= 11 is 1.46. The highest BCUT2D eigenvalue weighted by molar-refractivity contribution is 7.10. The molecule has 7 nitrogen and oxygen atoms in total. The molecule has 104 valence electrons. The summed E-state index contributed by atoms with van der Waals surface area (Å²) in [4.78, 5) is 33.7. The van der Waals surface area contributed by atoms with Crippen LogP contribution in [-0.2, 0) is 9.59 Å². The Morgan fingerprint density at radius 3 is 2.47 bits per heavy atom. The summed E-state index contributed by atoms with van der Waals surface area (Å²) in [6.07, 6.45) is -0.670. The lowest BCUT2D eigenvalue weighted by atomic mass is 10.2. The highest BCUT2D eigenvalue weighted by Crippen LogP contribution is 2.17. The average Bonchev–Trinajstić information content (AvgIpc) is 2.80. The molecule has 0 aliphatic rings. The van der Waals surface area contributed by atoms with Crippen molar-refractivity contribution in [2.24, 2.45) is 0 Å². The van der Waals surface area contributed by atoms with E-state index in [0.717, 1.165) is 4.88 Å². The first kappa shape index (κ1) is 15.0. The first-order valence-electron chi connectivity index (χ1n) is 5.45. The Morgan fingerprint density at radius 2 is 2.00 bits per heavy atom. The largest absolute Gasteiger partial charge is 0.481 e.